The Morgan fingerprint density at radius 1 is 1.03 bits per heavy atom. The summed E-state index contributed by atoms with van der Waals surface area (Å²) in [4.78, 5) is 27.4. The first kappa shape index (κ1) is 18.0. The summed E-state index contributed by atoms with van der Waals surface area (Å²) in [5.41, 5.74) is 2.38. The average molecular weight is 393 g/mol. The van der Waals surface area contributed by atoms with E-state index < -0.39 is 6.10 Å². The van der Waals surface area contributed by atoms with E-state index in [-0.39, 0.29) is 31.1 Å². The average Bonchev–Trinajstić information content (AvgIpc) is 3.47. The van der Waals surface area contributed by atoms with E-state index in [2.05, 4.69) is 0 Å². The van der Waals surface area contributed by atoms with Gasteiger partial charge in [-0.2, -0.15) is 0 Å². The third kappa shape index (κ3) is 3.43. The molecule has 1 fully saturated rings. The summed E-state index contributed by atoms with van der Waals surface area (Å²) in [6, 6.07) is 13.4. The van der Waals surface area contributed by atoms with Crippen LogP contribution in [0.15, 0.2) is 42.5 Å². The second kappa shape index (κ2) is 7.43. The van der Waals surface area contributed by atoms with Gasteiger partial charge in [-0.1, -0.05) is 37.1 Å². The van der Waals surface area contributed by atoms with Gasteiger partial charge in [0.2, 0.25) is 12.7 Å². The van der Waals surface area contributed by atoms with Gasteiger partial charge in [0.15, 0.2) is 11.5 Å². The molecule has 5 rings (SSSR count). The molecule has 1 aliphatic carbocycles. The Bertz CT molecular complexity index is 950. The molecule has 2 aromatic carbocycles. The number of nitrogens with zero attached hydrogens (tertiary/aromatic N) is 1. The molecular formula is C23H23NO5. The lowest BCUT2D eigenvalue weighted by atomic mass is 10.0. The summed E-state index contributed by atoms with van der Waals surface area (Å²) < 4.78 is 16.4. The van der Waals surface area contributed by atoms with Gasteiger partial charge in [0.1, 0.15) is 6.10 Å². The zero-order valence-corrected chi connectivity index (χ0v) is 16.1. The van der Waals surface area contributed by atoms with E-state index in [9.17, 15) is 9.59 Å². The predicted molar refractivity (Wildman–Crippen MR) is 105 cm³/mol. The molecule has 0 saturated heterocycles. The van der Waals surface area contributed by atoms with E-state index in [1.165, 1.54) is 0 Å². The fourth-order valence-electron chi connectivity index (χ4n) is 4.52. The molecule has 0 bridgehead atoms. The van der Waals surface area contributed by atoms with Crippen molar-refractivity contribution in [2.75, 3.05) is 6.79 Å². The summed E-state index contributed by atoms with van der Waals surface area (Å²) in [7, 11) is 0. The van der Waals surface area contributed by atoms with E-state index in [1.54, 1.807) is 6.07 Å². The predicted octanol–water partition coefficient (Wildman–Crippen LogP) is 3.99. The summed E-state index contributed by atoms with van der Waals surface area (Å²) in [5.74, 6) is 1.13. The van der Waals surface area contributed by atoms with Crippen LogP contribution in [0.3, 0.4) is 0 Å². The van der Waals surface area contributed by atoms with Crippen LogP contribution < -0.4 is 9.47 Å². The Morgan fingerprint density at radius 3 is 2.69 bits per heavy atom. The fraction of sp³-hybridized carbons (Fsp3) is 0.391. The van der Waals surface area contributed by atoms with Gasteiger partial charge in [0.25, 0.3) is 0 Å². The van der Waals surface area contributed by atoms with Crippen molar-refractivity contribution in [1.82, 2.24) is 4.90 Å². The summed E-state index contributed by atoms with van der Waals surface area (Å²) in [6.07, 6.45) is 3.96. The number of rotatable bonds is 5. The summed E-state index contributed by atoms with van der Waals surface area (Å²) >= 11 is 0. The Hall–Kier alpha value is -3.02. The minimum atomic E-state index is -0.508. The SMILES string of the molecule is O=C1O[C@@H](CC(=O)N(Cc2ccc3c(c2)OCO3)C2CCCC2)c2ccccc21. The van der Waals surface area contributed by atoms with Crippen LogP contribution in [0.5, 0.6) is 11.5 Å². The van der Waals surface area contributed by atoms with E-state index >= 15 is 0 Å². The van der Waals surface area contributed by atoms with Crippen LogP contribution in [-0.2, 0) is 16.1 Å². The standard InChI is InChI=1S/C23H23NO5/c25-22(12-20-17-7-3-4-8-18(17)23(26)29-20)24(16-5-1-2-6-16)13-15-9-10-19-21(11-15)28-14-27-19/h3-4,7-11,16,20H,1-2,5-6,12-14H2/t20-/m0/s1. The number of carbonyl (C=O) groups is 2. The van der Waals surface area contributed by atoms with Crippen LogP contribution in [0, 0.1) is 0 Å². The zero-order chi connectivity index (χ0) is 19.8. The molecule has 2 aromatic rings. The van der Waals surface area contributed by atoms with Crippen molar-refractivity contribution in [2.24, 2.45) is 0 Å². The molecule has 1 amide bonds. The van der Waals surface area contributed by atoms with Crippen LogP contribution in [0.1, 0.15) is 59.7 Å². The number of esters is 1. The van der Waals surface area contributed by atoms with Crippen molar-refractivity contribution in [2.45, 2.75) is 50.8 Å². The molecule has 6 nitrogen and oxygen atoms in total. The van der Waals surface area contributed by atoms with Gasteiger partial charge < -0.3 is 19.1 Å². The van der Waals surface area contributed by atoms with Crippen LogP contribution in [0.25, 0.3) is 0 Å². The molecule has 0 unspecified atom stereocenters. The van der Waals surface area contributed by atoms with Crippen molar-refractivity contribution in [3.05, 3.63) is 59.2 Å². The third-order valence-electron chi connectivity index (χ3n) is 6.01. The van der Waals surface area contributed by atoms with E-state index in [1.807, 2.05) is 41.3 Å². The molecule has 0 N–H and O–H groups in total. The lowest BCUT2D eigenvalue weighted by Crippen LogP contribution is -2.39. The molecule has 0 aromatic heterocycles. The number of fused-ring (bicyclic) bond motifs is 2. The highest BCUT2D eigenvalue weighted by molar-refractivity contribution is 5.94. The molecule has 3 aliphatic rings. The van der Waals surface area contributed by atoms with Gasteiger partial charge in [-0.05, 0) is 36.6 Å². The first-order chi connectivity index (χ1) is 14.2. The fourth-order valence-corrected chi connectivity index (χ4v) is 4.52. The van der Waals surface area contributed by atoms with Crippen molar-refractivity contribution in [3.63, 3.8) is 0 Å². The highest BCUT2D eigenvalue weighted by Gasteiger charge is 2.35. The number of benzene rings is 2. The Balaban J connectivity index is 1.36. The first-order valence-electron chi connectivity index (χ1n) is 10.2. The Labute approximate surface area is 169 Å². The molecule has 1 atom stereocenters. The first-order valence-corrected chi connectivity index (χ1v) is 10.2. The van der Waals surface area contributed by atoms with Gasteiger partial charge in [0.05, 0.1) is 12.0 Å². The summed E-state index contributed by atoms with van der Waals surface area (Å²) in [5, 5.41) is 0. The van der Waals surface area contributed by atoms with Gasteiger partial charge in [-0.25, -0.2) is 4.79 Å². The molecule has 29 heavy (non-hydrogen) atoms. The maximum absolute atomic E-state index is 13.3. The highest BCUT2D eigenvalue weighted by atomic mass is 16.7. The highest BCUT2D eigenvalue weighted by Crippen LogP contribution is 2.36. The second-order valence-corrected chi connectivity index (χ2v) is 7.83. The van der Waals surface area contributed by atoms with Crippen molar-refractivity contribution in [1.29, 1.82) is 0 Å². The number of amides is 1. The minimum absolute atomic E-state index is 0.0177. The Morgan fingerprint density at radius 2 is 1.83 bits per heavy atom. The van der Waals surface area contributed by atoms with Crippen molar-refractivity contribution >= 4 is 11.9 Å². The molecule has 6 heteroatoms. The zero-order valence-electron chi connectivity index (χ0n) is 16.1. The Kier molecular flexibility index (Phi) is 4.62. The number of carbonyl (C=O) groups excluding carboxylic acids is 2. The molecule has 2 heterocycles. The van der Waals surface area contributed by atoms with Gasteiger partial charge >= 0.3 is 5.97 Å². The maximum atomic E-state index is 13.3. The van der Waals surface area contributed by atoms with Crippen LogP contribution in [-0.4, -0.2) is 29.6 Å². The van der Waals surface area contributed by atoms with E-state index in [0.717, 1.165) is 48.3 Å². The molecule has 0 radical (unpaired) electrons. The van der Waals surface area contributed by atoms with Crippen LogP contribution >= 0.6 is 0 Å². The number of cyclic esters (lactones) is 1. The topological polar surface area (TPSA) is 65.1 Å². The molecule has 0 spiro atoms. The number of hydrogen-bond donors (Lipinski definition) is 0. The number of ether oxygens (including phenoxy) is 3. The molecule has 1 saturated carbocycles. The molecule has 150 valence electrons. The van der Waals surface area contributed by atoms with Crippen LogP contribution in [0.4, 0.5) is 0 Å². The lowest BCUT2D eigenvalue weighted by Gasteiger charge is -2.30. The largest absolute Gasteiger partial charge is 0.454 e. The third-order valence-corrected chi connectivity index (χ3v) is 6.01. The van der Waals surface area contributed by atoms with Gasteiger partial charge in [-0.3, -0.25) is 4.79 Å². The van der Waals surface area contributed by atoms with Crippen molar-refractivity contribution < 1.29 is 23.8 Å². The normalized spacial score (nSPS) is 19.9. The van der Waals surface area contributed by atoms with E-state index in [4.69, 9.17) is 14.2 Å². The minimum Gasteiger partial charge on any atom is -0.454 e. The van der Waals surface area contributed by atoms with Crippen molar-refractivity contribution in [3.8, 4) is 11.5 Å². The lowest BCUT2D eigenvalue weighted by molar-refractivity contribution is -0.136. The maximum Gasteiger partial charge on any atom is 0.339 e. The van der Waals surface area contributed by atoms with E-state index in [0.29, 0.717) is 12.1 Å². The van der Waals surface area contributed by atoms with Gasteiger partial charge in [-0.15, -0.1) is 0 Å². The second-order valence-electron chi connectivity index (χ2n) is 7.83. The summed E-state index contributed by atoms with van der Waals surface area (Å²) in [6.45, 7) is 0.749. The van der Waals surface area contributed by atoms with Gasteiger partial charge in [0, 0.05) is 18.2 Å². The molecule has 2 aliphatic heterocycles. The smallest absolute Gasteiger partial charge is 0.339 e. The van der Waals surface area contributed by atoms with Crippen LogP contribution in [0.2, 0.25) is 0 Å². The monoisotopic (exact) mass is 393 g/mol. The number of hydrogen-bond acceptors (Lipinski definition) is 5. The quantitative estimate of drug-likeness (QED) is 0.719. The molecular weight excluding hydrogens is 370 g/mol.